The molecule has 23 heavy (non-hydrogen) atoms. The SMILES string of the molecule is CCNC(=NCC(C)c1cccs1)NC(C)c1ccc(C)o1.I. The zero-order valence-corrected chi connectivity index (χ0v) is 17.3. The quantitative estimate of drug-likeness (QED) is 0.384. The van der Waals surface area contributed by atoms with Crippen molar-refractivity contribution < 1.29 is 4.42 Å². The molecule has 0 aromatic carbocycles. The van der Waals surface area contributed by atoms with Crippen molar-refractivity contribution in [2.24, 2.45) is 4.99 Å². The van der Waals surface area contributed by atoms with Crippen molar-refractivity contribution in [1.82, 2.24) is 10.6 Å². The first-order valence-corrected chi connectivity index (χ1v) is 8.62. The smallest absolute Gasteiger partial charge is 0.191 e. The second kappa shape index (κ2) is 9.97. The van der Waals surface area contributed by atoms with Gasteiger partial charge in [-0.1, -0.05) is 13.0 Å². The number of hydrogen-bond donors (Lipinski definition) is 2. The highest BCUT2D eigenvalue weighted by Gasteiger charge is 2.12. The third-order valence-corrected chi connectivity index (χ3v) is 4.54. The van der Waals surface area contributed by atoms with Gasteiger partial charge in [0, 0.05) is 17.3 Å². The molecule has 6 heteroatoms. The van der Waals surface area contributed by atoms with Crippen LogP contribution < -0.4 is 10.6 Å². The van der Waals surface area contributed by atoms with Gasteiger partial charge in [-0.2, -0.15) is 0 Å². The summed E-state index contributed by atoms with van der Waals surface area (Å²) in [6.07, 6.45) is 0. The van der Waals surface area contributed by atoms with E-state index in [0.29, 0.717) is 5.92 Å². The van der Waals surface area contributed by atoms with Crippen LogP contribution in [-0.2, 0) is 0 Å². The predicted octanol–water partition coefficient (Wildman–Crippen LogP) is 4.69. The highest BCUT2D eigenvalue weighted by molar-refractivity contribution is 14.0. The Morgan fingerprint density at radius 3 is 2.65 bits per heavy atom. The summed E-state index contributed by atoms with van der Waals surface area (Å²) in [6, 6.07) is 8.33. The van der Waals surface area contributed by atoms with Crippen LogP contribution in [-0.4, -0.2) is 19.0 Å². The molecule has 2 aromatic heterocycles. The van der Waals surface area contributed by atoms with Gasteiger partial charge in [-0.15, -0.1) is 35.3 Å². The highest BCUT2D eigenvalue weighted by Crippen LogP contribution is 2.21. The second-order valence-corrected chi connectivity index (χ2v) is 6.43. The largest absolute Gasteiger partial charge is 0.464 e. The van der Waals surface area contributed by atoms with E-state index in [9.17, 15) is 0 Å². The molecule has 2 heterocycles. The zero-order valence-electron chi connectivity index (χ0n) is 14.1. The van der Waals surface area contributed by atoms with Gasteiger partial charge in [0.2, 0.25) is 0 Å². The van der Waals surface area contributed by atoms with Crippen molar-refractivity contribution in [1.29, 1.82) is 0 Å². The summed E-state index contributed by atoms with van der Waals surface area (Å²) in [5.41, 5.74) is 0. The Balaban J connectivity index is 0.00000264. The first-order chi connectivity index (χ1) is 10.6. The summed E-state index contributed by atoms with van der Waals surface area (Å²) in [4.78, 5) is 6.07. The van der Waals surface area contributed by atoms with Gasteiger partial charge in [-0.05, 0) is 44.4 Å². The third kappa shape index (κ3) is 6.18. The molecule has 0 spiro atoms. The van der Waals surface area contributed by atoms with Gasteiger partial charge < -0.3 is 15.1 Å². The highest BCUT2D eigenvalue weighted by atomic mass is 127. The summed E-state index contributed by atoms with van der Waals surface area (Å²) in [5.74, 6) is 3.11. The summed E-state index contributed by atoms with van der Waals surface area (Å²) >= 11 is 1.78. The number of guanidine groups is 1. The Morgan fingerprint density at radius 1 is 1.30 bits per heavy atom. The van der Waals surface area contributed by atoms with Crippen LogP contribution in [0.2, 0.25) is 0 Å². The van der Waals surface area contributed by atoms with Crippen molar-refractivity contribution in [3.63, 3.8) is 0 Å². The first kappa shape index (κ1) is 20.0. The third-order valence-electron chi connectivity index (χ3n) is 3.44. The fourth-order valence-electron chi connectivity index (χ4n) is 2.17. The van der Waals surface area contributed by atoms with Crippen LogP contribution in [0.5, 0.6) is 0 Å². The molecule has 0 fully saturated rings. The summed E-state index contributed by atoms with van der Waals surface area (Å²) < 4.78 is 5.67. The molecule has 0 saturated heterocycles. The summed E-state index contributed by atoms with van der Waals surface area (Å²) in [6.45, 7) is 9.91. The van der Waals surface area contributed by atoms with Gasteiger partial charge >= 0.3 is 0 Å². The van der Waals surface area contributed by atoms with Crippen LogP contribution in [0.1, 0.15) is 49.1 Å². The first-order valence-electron chi connectivity index (χ1n) is 7.74. The molecule has 4 nitrogen and oxygen atoms in total. The molecule has 2 unspecified atom stereocenters. The minimum atomic E-state index is 0. The Bertz CT molecular complexity index is 595. The van der Waals surface area contributed by atoms with E-state index in [-0.39, 0.29) is 30.0 Å². The van der Waals surface area contributed by atoms with Crippen LogP contribution in [0, 0.1) is 6.92 Å². The van der Waals surface area contributed by atoms with Gasteiger partial charge in [-0.3, -0.25) is 4.99 Å². The lowest BCUT2D eigenvalue weighted by Gasteiger charge is -2.17. The zero-order chi connectivity index (χ0) is 15.9. The molecule has 0 bridgehead atoms. The molecule has 0 saturated carbocycles. The molecule has 128 valence electrons. The second-order valence-electron chi connectivity index (χ2n) is 5.45. The molecular formula is C17H26IN3OS. The average molecular weight is 447 g/mol. The van der Waals surface area contributed by atoms with Gasteiger partial charge in [0.15, 0.2) is 5.96 Å². The van der Waals surface area contributed by atoms with Gasteiger partial charge in [0.1, 0.15) is 11.5 Å². The maximum atomic E-state index is 5.67. The normalized spacial score (nSPS) is 14.0. The van der Waals surface area contributed by atoms with Crippen molar-refractivity contribution >= 4 is 41.3 Å². The lowest BCUT2D eigenvalue weighted by molar-refractivity contribution is 0.441. The molecule has 0 radical (unpaired) electrons. The number of nitrogens with one attached hydrogen (secondary N) is 2. The maximum absolute atomic E-state index is 5.67. The monoisotopic (exact) mass is 447 g/mol. The fraction of sp³-hybridized carbons (Fsp3) is 0.471. The lowest BCUT2D eigenvalue weighted by Crippen LogP contribution is -2.38. The van der Waals surface area contributed by atoms with Crippen molar-refractivity contribution in [2.75, 3.05) is 13.1 Å². The Kier molecular flexibility index (Phi) is 8.68. The molecule has 0 amide bonds. The summed E-state index contributed by atoms with van der Waals surface area (Å²) in [7, 11) is 0. The molecule has 0 aliphatic heterocycles. The average Bonchev–Trinajstić information content (AvgIpc) is 3.15. The number of hydrogen-bond acceptors (Lipinski definition) is 3. The van der Waals surface area contributed by atoms with Crippen LogP contribution >= 0.6 is 35.3 Å². The van der Waals surface area contributed by atoms with Crippen LogP contribution in [0.25, 0.3) is 0 Å². The molecule has 2 rings (SSSR count). The molecule has 2 atom stereocenters. The minimum absolute atomic E-state index is 0. The van der Waals surface area contributed by atoms with E-state index in [0.717, 1.165) is 30.6 Å². The van der Waals surface area contributed by atoms with Gasteiger partial charge in [0.25, 0.3) is 0 Å². The minimum Gasteiger partial charge on any atom is -0.464 e. The van der Waals surface area contributed by atoms with E-state index in [2.05, 4.69) is 48.9 Å². The molecule has 0 aliphatic rings. The van der Waals surface area contributed by atoms with Crippen molar-refractivity contribution in [3.05, 3.63) is 46.0 Å². The Morgan fingerprint density at radius 2 is 2.09 bits per heavy atom. The number of furan rings is 1. The van der Waals surface area contributed by atoms with Crippen molar-refractivity contribution in [3.8, 4) is 0 Å². The van der Waals surface area contributed by atoms with E-state index in [4.69, 9.17) is 9.41 Å². The number of aryl methyl sites for hydroxylation is 1. The van der Waals surface area contributed by atoms with E-state index in [1.165, 1.54) is 4.88 Å². The van der Waals surface area contributed by atoms with E-state index in [1.807, 2.05) is 19.1 Å². The Labute approximate surface area is 159 Å². The Hall–Kier alpha value is -1.02. The lowest BCUT2D eigenvalue weighted by atomic mass is 10.1. The number of nitrogens with zero attached hydrogens (tertiary/aromatic N) is 1. The van der Waals surface area contributed by atoms with Crippen LogP contribution in [0.3, 0.4) is 0 Å². The number of thiophene rings is 1. The maximum Gasteiger partial charge on any atom is 0.191 e. The molecule has 2 aromatic rings. The van der Waals surface area contributed by atoms with E-state index in [1.54, 1.807) is 11.3 Å². The predicted molar refractivity (Wildman–Crippen MR) is 109 cm³/mol. The molecule has 2 N–H and O–H groups in total. The van der Waals surface area contributed by atoms with Gasteiger partial charge in [0.05, 0.1) is 12.6 Å². The van der Waals surface area contributed by atoms with Crippen molar-refractivity contribution in [2.45, 2.75) is 39.7 Å². The molecule has 0 aliphatic carbocycles. The molecular weight excluding hydrogens is 421 g/mol. The van der Waals surface area contributed by atoms with Gasteiger partial charge in [-0.25, -0.2) is 0 Å². The number of rotatable bonds is 6. The number of halogens is 1. The number of aliphatic imine (C=N–C) groups is 1. The fourth-order valence-corrected chi connectivity index (χ4v) is 2.95. The van der Waals surface area contributed by atoms with E-state index >= 15 is 0 Å². The van der Waals surface area contributed by atoms with Crippen LogP contribution in [0.15, 0.2) is 39.1 Å². The van der Waals surface area contributed by atoms with E-state index < -0.39 is 0 Å². The van der Waals surface area contributed by atoms with Crippen LogP contribution in [0.4, 0.5) is 0 Å². The summed E-state index contributed by atoms with van der Waals surface area (Å²) in [5, 5.41) is 8.80. The standard InChI is InChI=1S/C17H25N3OS.HI/c1-5-18-17(19-11-12(2)16-7-6-10-22-16)20-14(4)15-9-8-13(3)21-15;/h6-10,12,14H,5,11H2,1-4H3,(H2,18,19,20);1H. The topological polar surface area (TPSA) is 49.6 Å².